The Hall–Kier alpha value is -3.51. The first-order valence-electron chi connectivity index (χ1n) is 11.9. The second kappa shape index (κ2) is 10.6. The minimum Gasteiger partial charge on any atom is -0.465 e. The molecule has 1 aliphatic rings. The Morgan fingerprint density at radius 2 is 1.51 bits per heavy atom. The molecule has 1 unspecified atom stereocenters. The van der Waals surface area contributed by atoms with Gasteiger partial charge in [0.05, 0.1) is 11.1 Å². The molecule has 0 spiro atoms. The van der Waals surface area contributed by atoms with Crippen LogP contribution in [0.3, 0.4) is 0 Å². The lowest BCUT2D eigenvalue weighted by atomic mass is 9.68. The molecule has 3 atom stereocenters. The molecule has 1 heterocycles. The first-order valence-corrected chi connectivity index (χ1v) is 11.9. The normalized spacial score (nSPS) is 20.5. The van der Waals surface area contributed by atoms with Crippen molar-refractivity contribution in [1.82, 2.24) is 10.2 Å². The van der Waals surface area contributed by atoms with E-state index in [1.807, 2.05) is 0 Å². The van der Waals surface area contributed by atoms with Crippen LogP contribution in [0.25, 0.3) is 0 Å². The highest BCUT2D eigenvalue weighted by atomic mass is 19.4. The molecular formula is C26H28F7N3O3. The lowest BCUT2D eigenvalue weighted by molar-refractivity contribution is -0.143. The molecule has 0 aromatic heterocycles. The predicted octanol–water partition coefficient (Wildman–Crippen LogP) is 7.24. The van der Waals surface area contributed by atoms with Gasteiger partial charge in [0.25, 0.3) is 0 Å². The standard InChI is InChI=1S/C26H28F7N3O3/c1-13-9-16(27)5-6-18(13)20-19(7-8-36(23(38)39)21(20)24(2,3)4)35-22(37)34-17-11-14(25(28,29)30)10-15(12-17)26(31,32)33/h5-6,9-12,19-21H,7-8H2,1-4H3,(H,38,39)(H2,34,35,37)/t19-,20-,21?/m1/s1. The van der Waals surface area contributed by atoms with Gasteiger partial charge in [-0.05, 0) is 60.2 Å². The molecule has 0 saturated carbocycles. The van der Waals surface area contributed by atoms with Crippen molar-refractivity contribution in [2.75, 3.05) is 11.9 Å². The van der Waals surface area contributed by atoms with Crippen LogP contribution in [0.5, 0.6) is 0 Å². The number of rotatable bonds is 3. The van der Waals surface area contributed by atoms with Gasteiger partial charge in [-0.25, -0.2) is 14.0 Å². The summed E-state index contributed by atoms with van der Waals surface area (Å²) in [6, 6.07) is 2.08. The molecule has 3 N–H and O–H groups in total. The highest BCUT2D eigenvalue weighted by Crippen LogP contribution is 2.43. The fourth-order valence-corrected chi connectivity index (χ4v) is 5.16. The van der Waals surface area contributed by atoms with E-state index < -0.39 is 70.5 Å². The number of likely N-dealkylation sites (tertiary alicyclic amines) is 1. The third-order valence-corrected chi connectivity index (χ3v) is 6.68. The molecule has 6 nitrogen and oxygen atoms in total. The van der Waals surface area contributed by atoms with E-state index in [9.17, 15) is 45.4 Å². The predicted molar refractivity (Wildman–Crippen MR) is 129 cm³/mol. The maximum Gasteiger partial charge on any atom is 0.416 e. The van der Waals surface area contributed by atoms with Crippen molar-refractivity contribution >= 4 is 17.8 Å². The second-order valence-electron chi connectivity index (χ2n) is 10.6. The summed E-state index contributed by atoms with van der Waals surface area (Å²) < 4.78 is 93.3. The molecule has 13 heteroatoms. The fraction of sp³-hybridized carbons (Fsp3) is 0.462. The average molecular weight is 564 g/mol. The number of hydrogen-bond acceptors (Lipinski definition) is 2. The quantitative estimate of drug-likeness (QED) is 0.344. The molecule has 3 amide bonds. The minimum absolute atomic E-state index is 0.000734. The Bertz CT molecular complexity index is 1210. The number of nitrogens with zero attached hydrogens (tertiary/aromatic N) is 1. The summed E-state index contributed by atoms with van der Waals surface area (Å²) in [6.45, 7) is 7.01. The van der Waals surface area contributed by atoms with E-state index in [4.69, 9.17) is 0 Å². The number of urea groups is 1. The summed E-state index contributed by atoms with van der Waals surface area (Å²) in [5.74, 6) is -1.24. The van der Waals surface area contributed by atoms with Gasteiger partial charge in [0.2, 0.25) is 0 Å². The number of amides is 3. The number of alkyl halides is 6. The van der Waals surface area contributed by atoms with Gasteiger partial charge in [0, 0.05) is 30.2 Å². The van der Waals surface area contributed by atoms with Crippen molar-refractivity contribution in [3.05, 3.63) is 64.5 Å². The summed E-state index contributed by atoms with van der Waals surface area (Å²) >= 11 is 0. The smallest absolute Gasteiger partial charge is 0.416 e. The van der Waals surface area contributed by atoms with Crippen LogP contribution < -0.4 is 10.6 Å². The van der Waals surface area contributed by atoms with E-state index >= 15 is 0 Å². The fourth-order valence-electron chi connectivity index (χ4n) is 5.16. The van der Waals surface area contributed by atoms with Crippen LogP contribution in [0.1, 0.15) is 55.4 Å². The maximum atomic E-state index is 13.9. The van der Waals surface area contributed by atoms with Crippen molar-refractivity contribution < 1.29 is 45.4 Å². The molecule has 2 aromatic carbocycles. The maximum absolute atomic E-state index is 13.9. The topological polar surface area (TPSA) is 81.7 Å². The van der Waals surface area contributed by atoms with E-state index in [0.29, 0.717) is 23.3 Å². The molecule has 1 fully saturated rings. The summed E-state index contributed by atoms with van der Waals surface area (Å²) in [4.78, 5) is 26.2. The molecule has 1 aliphatic heterocycles. The zero-order valence-electron chi connectivity index (χ0n) is 21.5. The number of halogens is 7. The van der Waals surface area contributed by atoms with Crippen molar-refractivity contribution in [2.45, 2.75) is 64.5 Å². The number of carboxylic acid groups (broad SMARTS) is 1. The lowest BCUT2D eigenvalue weighted by Gasteiger charge is -2.50. The van der Waals surface area contributed by atoms with E-state index in [1.165, 1.54) is 23.1 Å². The van der Waals surface area contributed by atoms with Crippen LogP contribution in [0.4, 0.5) is 46.0 Å². The first-order chi connectivity index (χ1) is 17.8. The number of hydrogen-bond donors (Lipinski definition) is 3. The molecule has 0 radical (unpaired) electrons. The van der Waals surface area contributed by atoms with Crippen LogP contribution in [-0.2, 0) is 12.4 Å². The Morgan fingerprint density at radius 3 is 1.97 bits per heavy atom. The Kier molecular flexibility index (Phi) is 8.14. The van der Waals surface area contributed by atoms with Gasteiger partial charge in [-0.1, -0.05) is 26.8 Å². The largest absolute Gasteiger partial charge is 0.465 e. The highest BCUT2D eigenvalue weighted by molar-refractivity contribution is 5.90. The monoisotopic (exact) mass is 563 g/mol. The van der Waals surface area contributed by atoms with Crippen LogP contribution in [-0.4, -0.2) is 40.8 Å². The number of piperidine rings is 1. The van der Waals surface area contributed by atoms with E-state index in [-0.39, 0.29) is 19.0 Å². The zero-order chi connectivity index (χ0) is 29.5. The number of anilines is 1. The molecule has 2 aromatic rings. The number of benzene rings is 2. The Labute approximate surface area is 220 Å². The molecule has 1 saturated heterocycles. The van der Waals surface area contributed by atoms with E-state index in [2.05, 4.69) is 10.6 Å². The molecule has 214 valence electrons. The number of carbonyl (C=O) groups is 2. The van der Waals surface area contributed by atoms with E-state index in [0.717, 1.165) is 0 Å². The Morgan fingerprint density at radius 1 is 0.949 bits per heavy atom. The summed E-state index contributed by atoms with van der Waals surface area (Å²) in [5, 5.41) is 14.5. The van der Waals surface area contributed by atoms with E-state index in [1.54, 1.807) is 27.7 Å². The molecule has 3 rings (SSSR count). The third-order valence-electron chi connectivity index (χ3n) is 6.68. The number of nitrogens with one attached hydrogen (secondary N) is 2. The third kappa shape index (κ3) is 6.93. The van der Waals surface area contributed by atoms with Crippen LogP contribution in [0.2, 0.25) is 0 Å². The number of carbonyl (C=O) groups excluding carboxylic acids is 1. The van der Waals surface area contributed by atoms with Crippen LogP contribution in [0, 0.1) is 18.2 Å². The van der Waals surface area contributed by atoms with Gasteiger partial charge in [0.15, 0.2) is 0 Å². The van der Waals surface area contributed by atoms with Gasteiger partial charge < -0.3 is 20.6 Å². The lowest BCUT2D eigenvalue weighted by Crippen LogP contribution is -2.61. The molecule has 0 bridgehead atoms. The molecule has 39 heavy (non-hydrogen) atoms. The summed E-state index contributed by atoms with van der Waals surface area (Å²) in [5.41, 5.74) is -3.54. The summed E-state index contributed by atoms with van der Waals surface area (Å²) in [7, 11) is 0. The van der Waals surface area contributed by atoms with Gasteiger partial charge in [0.1, 0.15) is 5.82 Å². The first kappa shape index (κ1) is 30.0. The second-order valence-corrected chi connectivity index (χ2v) is 10.6. The Balaban J connectivity index is 2.00. The van der Waals surface area contributed by atoms with Gasteiger partial charge in [-0.2, -0.15) is 26.3 Å². The molecular weight excluding hydrogens is 535 g/mol. The highest BCUT2D eigenvalue weighted by Gasteiger charge is 2.47. The van der Waals surface area contributed by atoms with Gasteiger partial charge in [-0.15, -0.1) is 0 Å². The van der Waals surface area contributed by atoms with Crippen molar-refractivity contribution in [3.63, 3.8) is 0 Å². The van der Waals surface area contributed by atoms with Crippen LogP contribution >= 0.6 is 0 Å². The van der Waals surface area contributed by atoms with Crippen molar-refractivity contribution in [2.24, 2.45) is 5.41 Å². The van der Waals surface area contributed by atoms with Crippen LogP contribution in [0.15, 0.2) is 36.4 Å². The van der Waals surface area contributed by atoms with Crippen molar-refractivity contribution in [1.29, 1.82) is 0 Å². The molecule has 0 aliphatic carbocycles. The SMILES string of the molecule is Cc1cc(F)ccc1[C@H]1C(C(C)(C)C)N(C(=O)O)CC[C@H]1NC(=O)Nc1cc(C(F)(F)F)cc(C(F)(F)F)c1. The number of aryl methyl sites for hydroxylation is 1. The van der Waals surface area contributed by atoms with Gasteiger partial charge >= 0.3 is 24.5 Å². The van der Waals surface area contributed by atoms with Gasteiger partial charge in [-0.3, -0.25) is 0 Å². The minimum atomic E-state index is -5.09. The van der Waals surface area contributed by atoms with Crippen molar-refractivity contribution in [3.8, 4) is 0 Å². The average Bonchev–Trinajstić information content (AvgIpc) is 2.77. The zero-order valence-corrected chi connectivity index (χ0v) is 21.5. The summed E-state index contributed by atoms with van der Waals surface area (Å²) in [6.07, 6.45) is -11.3.